The van der Waals surface area contributed by atoms with Gasteiger partial charge in [-0.25, -0.2) is 0 Å². The van der Waals surface area contributed by atoms with E-state index in [0.29, 0.717) is 5.88 Å². The zero-order valence-corrected chi connectivity index (χ0v) is 11.4. The second-order valence-corrected chi connectivity index (χ2v) is 5.18. The third kappa shape index (κ3) is 3.54. The normalized spacial score (nSPS) is 22.2. The minimum absolute atomic E-state index is 0.102. The van der Waals surface area contributed by atoms with Crippen molar-refractivity contribution in [2.24, 2.45) is 5.92 Å². The molecule has 1 aromatic heterocycles. The smallest absolute Gasteiger partial charge is 0.243 e. The summed E-state index contributed by atoms with van der Waals surface area (Å²) >= 11 is 0. The number of aliphatic hydroxyl groups is 1. The Morgan fingerprint density at radius 1 is 1.74 bits per heavy atom. The Hall–Kier alpha value is -1.40. The van der Waals surface area contributed by atoms with Crippen LogP contribution < -0.4 is 5.32 Å². The Kier molecular flexibility index (Phi) is 4.55. The number of carbonyl (C=O) groups is 1. The van der Waals surface area contributed by atoms with Crippen LogP contribution in [0, 0.1) is 12.8 Å². The van der Waals surface area contributed by atoms with Crippen LogP contribution in [0.5, 0.6) is 0 Å². The number of nitrogens with zero attached hydrogens (tertiary/aromatic N) is 2. The van der Waals surface area contributed by atoms with Gasteiger partial charge in [0.1, 0.15) is 0 Å². The van der Waals surface area contributed by atoms with Gasteiger partial charge in [0.2, 0.25) is 11.8 Å². The minimum atomic E-state index is -0.236. The van der Waals surface area contributed by atoms with Crippen LogP contribution in [0.25, 0.3) is 0 Å². The standard InChI is InChI=1S/C13H21N3O3/c1-9-6-12(19-15-9)14-13(18)10(2)16-5-3-4-11(7-16)8-17/h6,10-11,17H,3-5,7-8H2,1-2H3,(H,14,18). The van der Waals surface area contributed by atoms with Crippen molar-refractivity contribution in [1.82, 2.24) is 10.1 Å². The zero-order chi connectivity index (χ0) is 13.8. The summed E-state index contributed by atoms with van der Waals surface area (Å²) in [6.45, 7) is 5.52. The third-order valence-corrected chi connectivity index (χ3v) is 3.61. The molecular formula is C13H21N3O3. The molecule has 1 aliphatic rings. The summed E-state index contributed by atoms with van der Waals surface area (Å²) in [4.78, 5) is 14.2. The van der Waals surface area contributed by atoms with Gasteiger partial charge in [0, 0.05) is 19.2 Å². The lowest BCUT2D eigenvalue weighted by Gasteiger charge is -2.35. The number of hydrogen-bond acceptors (Lipinski definition) is 5. The molecule has 0 bridgehead atoms. The molecule has 1 amide bonds. The van der Waals surface area contributed by atoms with Crippen LogP contribution in [0.3, 0.4) is 0 Å². The highest BCUT2D eigenvalue weighted by Gasteiger charge is 2.27. The van der Waals surface area contributed by atoms with E-state index >= 15 is 0 Å². The molecule has 6 nitrogen and oxygen atoms in total. The van der Waals surface area contributed by atoms with Crippen molar-refractivity contribution < 1.29 is 14.4 Å². The number of carbonyl (C=O) groups excluding carboxylic acids is 1. The maximum atomic E-state index is 12.1. The quantitative estimate of drug-likeness (QED) is 0.851. The number of aryl methyl sites for hydroxylation is 1. The number of aromatic nitrogens is 1. The Morgan fingerprint density at radius 2 is 2.53 bits per heavy atom. The number of aliphatic hydroxyl groups excluding tert-OH is 1. The molecule has 1 aliphatic heterocycles. The SMILES string of the molecule is Cc1cc(NC(=O)C(C)N2CCCC(CO)C2)on1. The molecule has 2 atom stereocenters. The fraction of sp³-hybridized carbons (Fsp3) is 0.692. The van der Waals surface area contributed by atoms with E-state index in [9.17, 15) is 9.90 Å². The molecule has 0 aromatic carbocycles. The second kappa shape index (κ2) is 6.16. The summed E-state index contributed by atoms with van der Waals surface area (Å²) < 4.78 is 4.97. The molecule has 2 unspecified atom stereocenters. The lowest BCUT2D eigenvalue weighted by molar-refractivity contribution is -0.121. The number of anilines is 1. The van der Waals surface area contributed by atoms with Crippen LogP contribution in [-0.2, 0) is 4.79 Å². The second-order valence-electron chi connectivity index (χ2n) is 5.18. The highest BCUT2D eigenvalue weighted by atomic mass is 16.5. The van der Waals surface area contributed by atoms with Crippen molar-refractivity contribution in [3.63, 3.8) is 0 Å². The van der Waals surface area contributed by atoms with Crippen molar-refractivity contribution >= 4 is 11.8 Å². The van der Waals surface area contributed by atoms with Gasteiger partial charge >= 0.3 is 0 Å². The van der Waals surface area contributed by atoms with Crippen molar-refractivity contribution in [3.05, 3.63) is 11.8 Å². The van der Waals surface area contributed by atoms with Crippen LogP contribution >= 0.6 is 0 Å². The first kappa shape index (κ1) is 14.0. The molecule has 2 N–H and O–H groups in total. The van der Waals surface area contributed by atoms with Crippen molar-refractivity contribution in [2.45, 2.75) is 32.7 Å². The van der Waals surface area contributed by atoms with Gasteiger partial charge < -0.3 is 9.63 Å². The van der Waals surface area contributed by atoms with Gasteiger partial charge in [-0.2, -0.15) is 0 Å². The van der Waals surface area contributed by atoms with Crippen LogP contribution in [0.1, 0.15) is 25.5 Å². The van der Waals surface area contributed by atoms with Crippen LogP contribution in [0.2, 0.25) is 0 Å². The van der Waals surface area contributed by atoms with E-state index in [1.165, 1.54) is 0 Å². The number of amides is 1. The fourth-order valence-corrected chi connectivity index (χ4v) is 2.41. The molecule has 19 heavy (non-hydrogen) atoms. The van der Waals surface area contributed by atoms with Gasteiger partial charge in [0.15, 0.2) is 0 Å². The predicted octanol–water partition coefficient (Wildman–Crippen LogP) is 1.01. The largest absolute Gasteiger partial charge is 0.396 e. The monoisotopic (exact) mass is 267 g/mol. The minimum Gasteiger partial charge on any atom is -0.396 e. The summed E-state index contributed by atoms with van der Waals surface area (Å²) in [6.07, 6.45) is 2.05. The Bertz CT molecular complexity index is 433. The molecule has 0 spiro atoms. The number of likely N-dealkylation sites (tertiary alicyclic amines) is 1. The van der Waals surface area contributed by atoms with Crippen molar-refractivity contribution in [1.29, 1.82) is 0 Å². The van der Waals surface area contributed by atoms with Gasteiger partial charge in [-0.15, -0.1) is 0 Å². The van der Waals surface area contributed by atoms with E-state index in [4.69, 9.17) is 4.52 Å². The summed E-state index contributed by atoms with van der Waals surface area (Å²) in [5.41, 5.74) is 0.737. The third-order valence-electron chi connectivity index (χ3n) is 3.61. The van der Waals surface area contributed by atoms with Gasteiger partial charge in [-0.3, -0.25) is 15.0 Å². The maximum absolute atomic E-state index is 12.1. The average Bonchev–Trinajstić information content (AvgIpc) is 2.83. The van der Waals surface area contributed by atoms with E-state index in [1.54, 1.807) is 13.0 Å². The Morgan fingerprint density at radius 3 is 3.16 bits per heavy atom. The molecule has 2 heterocycles. The summed E-state index contributed by atoms with van der Waals surface area (Å²) in [7, 11) is 0. The van der Waals surface area contributed by atoms with Gasteiger partial charge in [0.25, 0.3) is 0 Å². The highest BCUT2D eigenvalue weighted by molar-refractivity contribution is 5.93. The first-order chi connectivity index (χ1) is 9.10. The van der Waals surface area contributed by atoms with Crippen LogP contribution in [0.4, 0.5) is 5.88 Å². The van der Waals surface area contributed by atoms with Crippen LogP contribution in [0.15, 0.2) is 10.6 Å². The topological polar surface area (TPSA) is 78.6 Å². The van der Waals surface area contributed by atoms with Crippen molar-refractivity contribution in [3.8, 4) is 0 Å². The summed E-state index contributed by atoms with van der Waals surface area (Å²) in [6, 6.07) is 1.46. The number of piperidine rings is 1. The molecule has 1 saturated heterocycles. The first-order valence-corrected chi connectivity index (χ1v) is 6.69. The Balaban J connectivity index is 1.91. The van der Waals surface area contributed by atoms with E-state index in [1.807, 2.05) is 6.92 Å². The number of nitrogens with one attached hydrogen (secondary N) is 1. The fourth-order valence-electron chi connectivity index (χ4n) is 2.41. The van der Waals surface area contributed by atoms with Gasteiger partial charge in [-0.05, 0) is 39.2 Å². The molecular weight excluding hydrogens is 246 g/mol. The van der Waals surface area contributed by atoms with Crippen molar-refractivity contribution in [2.75, 3.05) is 25.0 Å². The molecule has 1 aromatic rings. The van der Waals surface area contributed by atoms with E-state index in [-0.39, 0.29) is 24.5 Å². The number of hydrogen-bond donors (Lipinski definition) is 2. The molecule has 106 valence electrons. The first-order valence-electron chi connectivity index (χ1n) is 6.69. The van der Waals surface area contributed by atoms with Gasteiger partial charge in [-0.1, -0.05) is 5.16 Å². The zero-order valence-electron chi connectivity index (χ0n) is 11.4. The molecule has 0 aliphatic carbocycles. The van der Waals surface area contributed by atoms with E-state index < -0.39 is 0 Å². The summed E-state index contributed by atoms with van der Waals surface area (Å²) in [5, 5.41) is 15.7. The van der Waals surface area contributed by atoms with E-state index in [2.05, 4.69) is 15.4 Å². The molecule has 0 saturated carbocycles. The molecule has 2 rings (SSSR count). The molecule has 0 radical (unpaired) electrons. The van der Waals surface area contributed by atoms with Crippen LogP contribution in [-0.4, -0.2) is 46.8 Å². The highest BCUT2D eigenvalue weighted by Crippen LogP contribution is 2.19. The molecule has 6 heteroatoms. The van der Waals surface area contributed by atoms with Gasteiger partial charge in [0.05, 0.1) is 11.7 Å². The maximum Gasteiger partial charge on any atom is 0.243 e. The van der Waals surface area contributed by atoms with E-state index in [0.717, 1.165) is 31.6 Å². The lowest BCUT2D eigenvalue weighted by atomic mass is 9.97. The molecule has 1 fully saturated rings. The average molecular weight is 267 g/mol. The summed E-state index contributed by atoms with van der Waals surface area (Å²) in [5.74, 6) is 0.552. The predicted molar refractivity (Wildman–Crippen MR) is 70.7 cm³/mol. The Labute approximate surface area is 112 Å². The number of rotatable bonds is 4. The lowest BCUT2D eigenvalue weighted by Crippen LogP contribution is -2.47.